The predicted octanol–water partition coefficient (Wildman–Crippen LogP) is 4.30. The summed E-state index contributed by atoms with van der Waals surface area (Å²) in [4.78, 5) is 9.03. The first-order valence-electron chi connectivity index (χ1n) is 9.67. The molecule has 6 nitrogen and oxygen atoms in total. The molecule has 0 bridgehead atoms. The summed E-state index contributed by atoms with van der Waals surface area (Å²) < 4.78 is 33.5. The summed E-state index contributed by atoms with van der Waals surface area (Å²) >= 11 is 0. The number of hydrogen-bond acceptors (Lipinski definition) is 5. The van der Waals surface area contributed by atoms with Crippen LogP contribution >= 0.6 is 0 Å². The Morgan fingerprint density at radius 1 is 0.839 bits per heavy atom. The lowest BCUT2D eigenvalue weighted by Gasteiger charge is -2.10. The SMILES string of the molecule is COc1cc(CNS(=O)(=O)c2ccc(-c3ccccc3)cc2)nc(-c2ccccn2)c1. The second kappa shape index (κ2) is 9.07. The fraction of sp³-hybridized carbons (Fsp3) is 0.0833. The lowest BCUT2D eigenvalue weighted by atomic mass is 10.1. The van der Waals surface area contributed by atoms with Gasteiger partial charge in [0, 0.05) is 18.3 Å². The molecule has 0 unspecified atom stereocenters. The van der Waals surface area contributed by atoms with Crippen LogP contribution in [0.5, 0.6) is 5.75 Å². The third-order valence-electron chi connectivity index (χ3n) is 4.73. The minimum Gasteiger partial charge on any atom is -0.497 e. The van der Waals surface area contributed by atoms with E-state index in [0.29, 0.717) is 22.8 Å². The van der Waals surface area contributed by atoms with Crippen LogP contribution in [0.1, 0.15) is 5.69 Å². The van der Waals surface area contributed by atoms with Crippen LogP contribution < -0.4 is 9.46 Å². The van der Waals surface area contributed by atoms with E-state index in [0.717, 1.165) is 11.1 Å². The van der Waals surface area contributed by atoms with Crippen LogP contribution in [0.25, 0.3) is 22.5 Å². The van der Waals surface area contributed by atoms with Crippen LogP contribution in [-0.4, -0.2) is 25.5 Å². The molecule has 0 aliphatic carbocycles. The number of hydrogen-bond donors (Lipinski definition) is 1. The van der Waals surface area contributed by atoms with E-state index >= 15 is 0 Å². The number of sulfonamides is 1. The smallest absolute Gasteiger partial charge is 0.240 e. The highest BCUT2D eigenvalue weighted by molar-refractivity contribution is 7.89. The zero-order valence-electron chi connectivity index (χ0n) is 16.9. The van der Waals surface area contributed by atoms with E-state index in [2.05, 4.69) is 14.7 Å². The van der Waals surface area contributed by atoms with Gasteiger partial charge in [0.1, 0.15) is 5.75 Å². The van der Waals surface area contributed by atoms with Crippen LogP contribution in [0.15, 0.2) is 96.0 Å². The van der Waals surface area contributed by atoms with Gasteiger partial charge in [-0.1, -0.05) is 48.5 Å². The maximum atomic E-state index is 12.8. The molecule has 7 heteroatoms. The Hall–Kier alpha value is -3.55. The number of benzene rings is 2. The standard InChI is InChI=1S/C24H21N3O3S/c1-30-21-15-20(27-24(16-21)23-9-5-6-14-25-23)17-26-31(28,29)22-12-10-19(11-13-22)18-7-3-2-4-8-18/h2-16,26H,17H2,1H3. The molecule has 2 heterocycles. The zero-order chi connectivity index (χ0) is 21.7. The van der Waals surface area contributed by atoms with Gasteiger partial charge in [-0.2, -0.15) is 0 Å². The third kappa shape index (κ3) is 4.96. The van der Waals surface area contributed by atoms with Crippen LogP contribution in [0, 0.1) is 0 Å². The Morgan fingerprint density at radius 3 is 2.23 bits per heavy atom. The number of rotatable bonds is 7. The lowest BCUT2D eigenvalue weighted by Crippen LogP contribution is -2.23. The van der Waals surface area contributed by atoms with Crippen molar-refractivity contribution in [3.05, 3.63) is 96.8 Å². The van der Waals surface area contributed by atoms with Gasteiger partial charge in [0.25, 0.3) is 0 Å². The van der Waals surface area contributed by atoms with Gasteiger partial charge in [0.05, 0.1) is 35.6 Å². The normalized spacial score (nSPS) is 11.3. The largest absolute Gasteiger partial charge is 0.497 e. The van der Waals surface area contributed by atoms with E-state index < -0.39 is 10.0 Å². The molecule has 4 rings (SSSR count). The Labute approximate surface area is 181 Å². The van der Waals surface area contributed by atoms with Crippen molar-refractivity contribution in [1.82, 2.24) is 14.7 Å². The lowest BCUT2D eigenvalue weighted by molar-refractivity contribution is 0.413. The molecule has 156 valence electrons. The van der Waals surface area contributed by atoms with Gasteiger partial charge in [-0.3, -0.25) is 4.98 Å². The highest BCUT2D eigenvalue weighted by Crippen LogP contribution is 2.23. The molecule has 0 fully saturated rings. The van der Waals surface area contributed by atoms with Gasteiger partial charge >= 0.3 is 0 Å². The molecule has 0 aliphatic rings. The number of nitrogens with one attached hydrogen (secondary N) is 1. The van der Waals surface area contributed by atoms with Crippen molar-refractivity contribution < 1.29 is 13.2 Å². The maximum Gasteiger partial charge on any atom is 0.240 e. The predicted molar refractivity (Wildman–Crippen MR) is 120 cm³/mol. The molecule has 31 heavy (non-hydrogen) atoms. The van der Waals surface area contributed by atoms with E-state index in [1.807, 2.05) is 48.5 Å². The van der Waals surface area contributed by atoms with E-state index in [1.165, 1.54) is 0 Å². The first kappa shape index (κ1) is 20.7. The number of ether oxygens (including phenoxy) is 1. The topological polar surface area (TPSA) is 81.2 Å². The summed E-state index contributed by atoms with van der Waals surface area (Å²) in [5, 5.41) is 0. The van der Waals surface area contributed by atoms with E-state index in [9.17, 15) is 8.42 Å². The highest BCUT2D eigenvalue weighted by Gasteiger charge is 2.15. The van der Waals surface area contributed by atoms with Gasteiger partial charge in [0.15, 0.2) is 0 Å². The van der Waals surface area contributed by atoms with Crippen molar-refractivity contribution in [2.45, 2.75) is 11.4 Å². The van der Waals surface area contributed by atoms with E-state index in [-0.39, 0.29) is 11.4 Å². The Bertz CT molecular complexity index is 1260. The van der Waals surface area contributed by atoms with Crippen molar-refractivity contribution in [1.29, 1.82) is 0 Å². The first-order chi connectivity index (χ1) is 15.0. The van der Waals surface area contributed by atoms with Crippen molar-refractivity contribution >= 4 is 10.0 Å². The monoisotopic (exact) mass is 431 g/mol. The molecule has 0 atom stereocenters. The molecular weight excluding hydrogens is 410 g/mol. The molecule has 2 aromatic heterocycles. The van der Waals surface area contributed by atoms with Gasteiger partial charge in [-0.25, -0.2) is 18.1 Å². The van der Waals surface area contributed by atoms with Gasteiger partial charge in [-0.15, -0.1) is 0 Å². The van der Waals surface area contributed by atoms with Gasteiger partial charge in [-0.05, 0) is 35.4 Å². The molecule has 0 amide bonds. The molecular formula is C24H21N3O3S. The summed E-state index contributed by atoms with van der Waals surface area (Å²) in [6, 6.07) is 25.6. The fourth-order valence-electron chi connectivity index (χ4n) is 3.12. The van der Waals surface area contributed by atoms with Crippen molar-refractivity contribution in [3.63, 3.8) is 0 Å². The Kier molecular flexibility index (Phi) is 6.06. The molecule has 1 N–H and O–H groups in total. The van der Waals surface area contributed by atoms with Gasteiger partial charge < -0.3 is 4.74 Å². The fourth-order valence-corrected chi connectivity index (χ4v) is 4.12. The molecule has 2 aromatic carbocycles. The van der Waals surface area contributed by atoms with Gasteiger partial charge in [0.2, 0.25) is 10.0 Å². The number of methoxy groups -OCH3 is 1. The van der Waals surface area contributed by atoms with Crippen molar-refractivity contribution in [3.8, 4) is 28.3 Å². The minimum absolute atomic E-state index is 0.0276. The van der Waals surface area contributed by atoms with Crippen molar-refractivity contribution in [2.75, 3.05) is 7.11 Å². The first-order valence-corrected chi connectivity index (χ1v) is 11.1. The summed E-state index contributed by atoms with van der Waals surface area (Å²) in [6.07, 6.45) is 1.68. The summed E-state index contributed by atoms with van der Waals surface area (Å²) in [5.74, 6) is 0.581. The van der Waals surface area contributed by atoms with E-state index in [1.54, 1.807) is 49.7 Å². The molecule has 0 saturated heterocycles. The third-order valence-corrected chi connectivity index (χ3v) is 6.15. The van der Waals surface area contributed by atoms with Crippen molar-refractivity contribution in [2.24, 2.45) is 0 Å². The second-order valence-corrected chi connectivity index (χ2v) is 8.58. The summed E-state index contributed by atoms with van der Waals surface area (Å²) in [6.45, 7) is 0.0276. The summed E-state index contributed by atoms with van der Waals surface area (Å²) in [5.41, 5.74) is 3.81. The quantitative estimate of drug-likeness (QED) is 0.472. The number of pyridine rings is 2. The Balaban J connectivity index is 1.53. The molecule has 0 saturated carbocycles. The van der Waals surface area contributed by atoms with E-state index in [4.69, 9.17) is 4.74 Å². The van der Waals surface area contributed by atoms with Crippen LogP contribution in [0.3, 0.4) is 0 Å². The highest BCUT2D eigenvalue weighted by atomic mass is 32.2. The maximum absolute atomic E-state index is 12.8. The second-order valence-electron chi connectivity index (χ2n) is 6.81. The van der Waals surface area contributed by atoms with Crippen LogP contribution in [0.2, 0.25) is 0 Å². The van der Waals surface area contributed by atoms with Crippen LogP contribution in [0.4, 0.5) is 0 Å². The number of aromatic nitrogens is 2. The molecule has 0 radical (unpaired) electrons. The summed E-state index contributed by atoms with van der Waals surface area (Å²) in [7, 11) is -2.15. The molecule has 4 aromatic rings. The molecule has 0 spiro atoms. The average molecular weight is 432 g/mol. The zero-order valence-corrected chi connectivity index (χ0v) is 17.7. The Morgan fingerprint density at radius 2 is 1.55 bits per heavy atom. The number of nitrogens with zero attached hydrogens (tertiary/aromatic N) is 2. The minimum atomic E-state index is -3.70. The van der Waals surface area contributed by atoms with Crippen LogP contribution in [-0.2, 0) is 16.6 Å². The molecule has 0 aliphatic heterocycles. The average Bonchev–Trinajstić information content (AvgIpc) is 2.84.